The van der Waals surface area contributed by atoms with Gasteiger partial charge in [0.15, 0.2) is 0 Å². The summed E-state index contributed by atoms with van der Waals surface area (Å²) in [6.45, 7) is 1.65. The van der Waals surface area contributed by atoms with Gasteiger partial charge in [-0.1, -0.05) is 6.07 Å². The molecule has 108 valence electrons. The third kappa shape index (κ3) is 3.17. The van der Waals surface area contributed by atoms with Gasteiger partial charge < -0.3 is 16.2 Å². The topological polar surface area (TPSA) is 92.4 Å². The molecular formula is C15H13FN2O3. The quantitative estimate of drug-likeness (QED) is 0.757. The predicted molar refractivity (Wildman–Crippen MR) is 76.9 cm³/mol. The zero-order valence-electron chi connectivity index (χ0n) is 11.2. The molecule has 4 N–H and O–H groups in total. The van der Waals surface area contributed by atoms with Gasteiger partial charge in [-0.2, -0.15) is 0 Å². The smallest absolute Gasteiger partial charge is 0.336 e. The molecule has 1 amide bonds. The van der Waals surface area contributed by atoms with Gasteiger partial charge >= 0.3 is 5.97 Å². The number of nitrogens with two attached hydrogens (primary N) is 1. The number of benzene rings is 2. The van der Waals surface area contributed by atoms with Gasteiger partial charge in [0, 0.05) is 11.4 Å². The molecular weight excluding hydrogens is 275 g/mol. The Balaban J connectivity index is 2.29. The van der Waals surface area contributed by atoms with Crippen molar-refractivity contribution in [1.29, 1.82) is 0 Å². The van der Waals surface area contributed by atoms with Crippen LogP contribution in [0.2, 0.25) is 0 Å². The summed E-state index contributed by atoms with van der Waals surface area (Å²) >= 11 is 0. The molecule has 2 rings (SSSR count). The van der Waals surface area contributed by atoms with Crippen LogP contribution >= 0.6 is 0 Å². The maximum Gasteiger partial charge on any atom is 0.336 e. The van der Waals surface area contributed by atoms with Crippen LogP contribution in [-0.2, 0) is 0 Å². The average Bonchev–Trinajstić information content (AvgIpc) is 2.43. The van der Waals surface area contributed by atoms with E-state index in [1.165, 1.54) is 12.1 Å². The van der Waals surface area contributed by atoms with E-state index < -0.39 is 17.7 Å². The number of carbonyl (C=O) groups is 2. The number of aromatic carboxylic acids is 1. The van der Waals surface area contributed by atoms with E-state index in [9.17, 15) is 14.0 Å². The normalized spacial score (nSPS) is 10.2. The molecule has 5 nitrogen and oxygen atoms in total. The van der Waals surface area contributed by atoms with E-state index >= 15 is 0 Å². The Morgan fingerprint density at radius 2 is 1.86 bits per heavy atom. The summed E-state index contributed by atoms with van der Waals surface area (Å²) in [6, 6.07) is 7.95. The van der Waals surface area contributed by atoms with Crippen molar-refractivity contribution in [3.63, 3.8) is 0 Å². The van der Waals surface area contributed by atoms with Crippen LogP contribution in [0.3, 0.4) is 0 Å². The Bertz CT molecular complexity index is 729. The molecule has 6 heteroatoms. The third-order valence-electron chi connectivity index (χ3n) is 2.99. The molecule has 0 aliphatic heterocycles. The SMILES string of the molecule is Cc1ccc(NC(=O)c2cc(F)ccc2N)cc1C(=O)O. The highest BCUT2D eigenvalue weighted by Gasteiger charge is 2.13. The van der Waals surface area contributed by atoms with Crippen molar-refractivity contribution in [2.45, 2.75) is 6.92 Å². The second-order valence-corrected chi connectivity index (χ2v) is 4.52. The number of rotatable bonds is 3. The van der Waals surface area contributed by atoms with Gasteiger partial charge in [-0.15, -0.1) is 0 Å². The van der Waals surface area contributed by atoms with Crippen LogP contribution < -0.4 is 11.1 Å². The number of anilines is 2. The first-order chi connectivity index (χ1) is 9.88. The number of aryl methyl sites for hydroxylation is 1. The van der Waals surface area contributed by atoms with Crippen molar-refractivity contribution in [2.24, 2.45) is 0 Å². The Morgan fingerprint density at radius 1 is 1.14 bits per heavy atom. The van der Waals surface area contributed by atoms with Crippen LogP contribution in [0.5, 0.6) is 0 Å². The molecule has 21 heavy (non-hydrogen) atoms. The molecule has 0 fully saturated rings. The van der Waals surface area contributed by atoms with E-state index in [1.807, 2.05) is 0 Å². The van der Waals surface area contributed by atoms with Crippen molar-refractivity contribution in [1.82, 2.24) is 0 Å². The van der Waals surface area contributed by atoms with Gasteiger partial charge in [0.2, 0.25) is 0 Å². The Hall–Kier alpha value is -2.89. The minimum Gasteiger partial charge on any atom is -0.478 e. The number of nitrogen functional groups attached to an aromatic ring is 1. The summed E-state index contributed by atoms with van der Waals surface area (Å²) in [6.07, 6.45) is 0. The van der Waals surface area contributed by atoms with Crippen LogP contribution in [-0.4, -0.2) is 17.0 Å². The maximum atomic E-state index is 13.2. The summed E-state index contributed by atoms with van der Waals surface area (Å²) in [4.78, 5) is 23.1. The van der Waals surface area contributed by atoms with Crippen LogP contribution in [0.4, 0.5) is 15.8 Å². The molecule has 0 saturated carbocycles. The standard InChI is InChI=1S/C15H13FN2O3/c1-8-2-4-10(7-11(8)15(20)21)18-14(19)12-6-9(16)3-5-13(12)17/h2-7H,17H2,1H3,(H,18,19)(H,20,21). The lowest BCUT2D eigenvalue weighted by molar-refractivity contribution is 0.0695. The van der Waals surface area contributed by atoms with Gasteiger partial charge in [0.25, 0.3) is 5.91 Å². The number of amides is 1. The zero-order valence-corrected chi connectivity index (χ0v) is 11.2. The highest BCUT2D eigenvalue weighted by molar-refractivity contribution is 6.08. The van der Waals surface area contributed by atoms with Gasteiger partial charge in [-0.25, -0.2) is 9.18 Å². The van der Waals surface area contributed by atoms with Crippen molar-refractivity contribution < 1.29 is 19.1 Å². The highest BCUT2D eigenvalue weighted by Crippen LogP contribution is 2.19. The molecule has 0 radical (unpaired) electrons. The van der Waals surface area contributed by atoms with Crippen molar-refractivity contribution >= 4 is 23.3 Å². The van der Waals surface area contributed by atoms with E-state index in [-0.39, 0.29) is 16.8 Å². The van der Waals surface area contributed by atoms with Gasteiger partial charge in [-0.05, 0) is 42.8 Å². The molecule has 0 aliphatic rings. The Labute approximate surface area is 120 Å². The zero-order chi connectivity index (χ0) is 15.6. The van der Waals surface area contributed by atoms with Crippen LogP contribution in [0.25, 0.3) is 0 Å². The number of nitrogens with one attached hydrogen (secondary N) is 1. The maximum absolute atomic E-state index is 13.2. The molecule has 0 unspecified atom stereocenters. The van der Waals surface area contributed by atoms with Crippen molar-refractivity contribution in [3.8, 4) is 0 Å². The van der Waals surface area contributed by atoms with Gasteiger partial charge in [0.05, 0.1) is 11.1 Å². The van der Waals surface area contributed by atoms with E-state index in [0.29, 0.717) is 11.3 Å². The lowest BCUT2D eigenvalue weighted by Gasteiger charge is -2.09. The molecule has 0 bridgehead atoms. The molecule has 0 atom stereocenters. The second-order valence-electron chi connectivity index (χ2n) is 4.52. The van der Waals surface area contributed by atoms with E-state index in [2.05, 4.69) is 5.32 Å². The summed E-state index contributed by atoms with van der Waals surface area (Å²) in [5.74, 6) is -2.27. The number of carboxylic acids is 1. The van der Waals surface area contributed by atoms with Crippen LogP contribution in [0.15, 0.2) is 36.4 Å². The largest absolute Gasteiger partial charge is 0.478 e. The minimum atomic E-state index is -1.09. The fraction of sp³-hybridized carbons (Fsp3) is 0.0667. The molecule has 2 aromatic carbocycles. The van der Waals surface area contributed by atoms with Crippen LogP contribution in [0.1, 0.15) is 26.3 Å². The summed E-state index contributed by atoms with van der Waals surface area (Å²) in [5, 5.41) is 11.5. The highest BCUT2D eigenvalue weighted by atomic mass is 19.1. The van der Waals surface area contributed by atoms with E-state index in [4.69, 9.17) is 10.8 Å². The van der Waals surface area contributed by atoms with Crippen molar-refractivity contribution in [2.75, 3.05) is 11.1 Å². The monoisotopic (exact) mass is 288 g/mol. The fourth-order valence-corrected chi connectivity index (χ4v) is 1.85. The molecule has 0 heterocycles. The first kappa shape index (κ1) is 14.5. The first-order valence-corrected chi connectivity index (χ1v) is 6.09. The van der Waals surface area contributed by atoms with Crippen molar-refractivity contribution in [3.05, 3.63) is 58.9 Å². The number of carbonyl (C=O) groups excluding carboxylic acids is 1. The van der Waals surface area contributed by atoms with Gasteiger partial charge in [0.1, 0.15) is 5.82 Å². The Kier molecular flexibility index (Phi) is 3.89. The predicted octanol–water partition coefficient (Wildman–Crippen LogP) is 2.67. The minimum absolute atomic E-state index is 0.00699. The molecule has 0 aliphatic carbocycles. The van der Waals surface area contributed by atoms with Crippen LogP contribution in [0, 0.1) is 12.7 Å². The molecule has 0 aromatic heterocycles. The first-order valence-electron chi connectivity index (χ1n) is 6.09. The molecule has 0 saturated heterocycles. The summed E-state index contributed by atoms with van der Waals surface area (Å²) < 4.78 is 13.2. The van der Waals surface area contributed by atoms with Gasteiger partial charge in [-0.3, -0.25) is 4.79 Å². The number of halogens is 1. The number of hydrogen-bond donors (Lipinski definition) is 3. The number of carboxylic acid groups (broad SMARTS) is 1. The fourth-order valence-electron chi connectivity index (χ4n) is 1.85. The summed E-state index contributed by atoms with van der Waals surface area (Å²) in [7, 11) is 0. The lowest BCUT2D eigenvalue weighted by atomic mass is 10.1. The molecule has 2 aromatic rings. The third-order valence-corrected chi connectivity index (χ3v) is 2.99. The number of hydrogen-bond acceptors (Lipinski definition) is 3. The lowest BCUT2D eigenvalue weighted by Crippen LogP contribution is -2.15. The Morgan fingerprint density at radius 3 is 2.52 bits per heavy atom. The second kappa shape index (κ2) is 5.62. The summed E-state index contributed by atoms with van der Waals surface area (Å²) in [5.41, 5.74) is 6.71. The molecule has 0 spiro atoms. The average molecular weight is 288 g/mol. The van der Waals surface area contributed by atoms with E-state index in [1.54, 1.807) is 19.1 Å². The van der Waals surface area contributed by atoms with E-state index in [0.717, 1.165) is 12.1 Å².